The van der Waals surface area contributed by atoms with Crippen LogP contribution in [0.4, 0.5) is 14.6 Å². The molecule has 0 saturated carbocycles. The number of aryl methyl sites for hydroxylation is 2. The highest BCUT2D eigenvalue weighted by Crippen LogP contribution is 2.38. The van der Waals surface area contributed by atoms with Crippen molar-refractivity contribution in [3.63, 3.8) is 0 Å². The van der Waals surface area contributed by atoms with Crippen LogP contribution in [0.25, 0.3) is 32.9 Å². The zero-order valence-corrected chi connectivity index (χ0v) is 17.8. The molecule has 5 rings (SSSR count). The predicted molar refractivity (Wildman–Crippen MR) is 119 cm³/mol. The number of aromatic nitrogens is 3. The summed E-state index contributed by atoms with van der Waals surface area (Å²) in [6, 6.07) is 5.90. The van der Waals surface area contributed by atoms with Crippen LogP contribution in [0, 0.1) is 18.6 Å². The molecule has 1 aliphatic rings. The van der Waals surface area contributed by atoms with Gasteiger partial charge in [-0.05, 0) is 54.3 Å². The minimum absolute atomic E-state index is 0.0117. The van der Waals surface area contributed by atoms with Crippen LogP contribution in [0.3, 0.4) is 0 Å². The van der Waals surface area contributed by atoms with Gasteiger partial charge in [0.15, 0.2) is 5.82 Å². The number of phenols is 1. The molecule has 8 heteroatoms. The van der Waals surface area contributed by atoms with E-state index in [1.165, 1.54) is 24.4 Å². The normalized spacial score (nSPS) is 14.4. The van der Waals surface area contributed by atoms with Gasteiger partial charge in [0.25, 0.3) is 0 Å². The largest absolute Gasteiger partial charge is 0.508 e. The molecule has 1 aliphatic heterocycles. The molecular formula is C24H22F2N4O2. The van der Waals surface area contributed by atoms with Crippen molar-refractivity contribution in [2.75, 3.05) is 24.8 Å². The van der Waals surface area contributed by atoms with E-state index in [4.69, 9.17) is 4.74 Å². The number of hydrogen-bond acceptors (Lipinski definition) is 6. The van der Waals surface area contributed by atoms with Gasteiger partial charge >= 0.3 is 0 Å². The standard InChI is InChI=1S/C24H22F2N4O2/c1-3-16-19(25)6-5-14-9-15(31)10-17(20(14)16)22-21(26)23-18(11-27-22)24(29-13(2)28-23)30-7-4-8-32-12-30/h5-6,9-11,31H,3-4,7-8,12H2,1-2H3. The topological polar surface area (TPSA) is 71.4 Å². The fourth-order valence-electron chi connectivity index (χ4n) is 4.38. The van der Waals surface area contributed by atoms with Crippen molar-refractivity contribution in [1.29, 1.82) is 0 Å². The Bertz CT molecular complexity index is 1350. The van der Waals surface area contributed by atoms with Gasteiger partial charge in [-0.2, -0.15) is 0 Å². The molecule has 0 bridgehead atoms. The number of ether oxygens (including phenoxy) is 1. The van der Waals surface area contributed by atoms with Crippen LogP contribution >= 0.6 is 0 Å². The average Bonchev–Trinajstić information content (AvgIpc) is 2.79. The number of halogens is 2. The van der Waals surface area contributed by atoms with Gasteiger partial charge in [0.05, 0.1) is 12.0 Å². The van der Waals surface area contributed by atoms with Crippen LogP contribution in [0.15, 0.2) is 30.5 Å². The monoisotopic (exact) mass is 436 g/mol. The molecule has 2 aromatic carbocycles. The number of benzene rings is 2. The summed E-state index contributed by atoms with van der Waals surface area (Å²) in [5, 5.41) is 11.9. The van der Waals surface area contributed by atoms with Crippen LogP contribution in [0.2, 0.25) is 0 Å². The van der Waals surface area contributed by atoms with E-state index >= 15 is 4.39 Å². The number of aromatic hydroxyl groups is 1. The highest BCUT2D eigenvalue weighted by atomic mass is 19.1. The van der Waals surface area contributed by atoms with Crippen molar-refractivity contribution in [3.05, 3.63) is 53.5 Å². The minimum Gasteiger partial charge on any atom is -0.508 e. The summed E-state index contributed by atoms with van der Waals surface area (Å²) in [6.45, 7) is 5.33. The molecule has 164 valence electrons. The molecule has 0 spiro atoms. The molecule has 1 saturated heterocycles. The second kappa shape index (κ2) is 7.94. The average molecular weight is 436 g/mol. The molecule has 0 radical (unpaired) electrons. The maximum Gasteiger partial charge on any atom is 0.175 e. The molecular weight excluding hydrogens is 414 g/mol. The van der Waals surface area contributed by atoms with Crippen LogP contribution in [0.5, 0.6) is 5.75 Å². The van der Waals surface area contributed by atoms with Crippen molar-refractivity contribution >= 4 is 27.5 Å². The van der Waals surface area contributed by atoms with Gasteiger partial charge in [-0.25, -0.2) is 18.7 Å². The molecule has 6 nitrogen and oxygen atoms in total. The number of phenolic OH excluding ortho intramolecular Hbond substituents is 1. The summed E-state index contributed by atoms with van der Waals surface area (Å²) in [6.07, 6.45) is 2.80. The number of anilines is 1. The molecule has 32 heavy (non-hydrogen) atoms. The maximum atomic E-state index is 15.9. The van der Waals surface area contributed by atoms with Crippen molar-refractivity contribution in [2.45, 2.75) is 26.7 Å². The Morgan fingerprint density at radius 1 is 1.19 bits per heavy atom. The Hall–Kier alpha value is -3.39. The van der Waals surface area contributed by atoms with E-state index in [1.54, 1.807) is 13.0 Å². The van der Waals surface area contributed by atoms with Crippen LogP contribution < -0.4 is 4.90 Å². The lowest BCUT2D eigenvalue weighted by Crippen LogP contribution is -2.34. The van der Waals surface area contributed by atoms with E-state index in [9.17, 15) is 9.50 Å². The van der Waals surface area contributed by atoms with E-state index in [-0.39, 0.29) is 22.8 Å². The van der Waals surface area contributed by atoms with E-state index < -0.39 is 5.82 Å². The van der Waals surface area contributed by atoms with Gasteiger partial charge in [0.1, 0.15) is 41.2 Å². The molecule has 3 heterocycles. The van der Waals surface area contributed by atoms with E-state index in [1.807, 2.05) is 11.8 Å². The Kier molecular flexibility index (Phi) is 5.09. The van der Waals surface area contributed by atoms with Gasteiger partial charge in [-0.15, -0.1) is 0 Å². The lowest BCUT2D eigenvalue weighted by atomic mass is 9.94. The van der Waals surface area contributed by atoms with Gasteiger partial charge in [0.2, 0.25) is 0 Å². The minimum atomic E-state index is -0.634. The number of rotatable bonds is 3. The van der Waals surface area contributed by atoms with Crippen LogP contribution in [0.1, 0.15) is 24.7 Å². The molecule has 0 amide bonds. The summed E-state index contributed by atoms with van der Waals surface area (Å²) >= 11 is 0. The van der Waals surface area contributed by atoms with Crippen molar-refractivity contribution in [2.24, 2.45) is 0 Å². The quantitative estimate of drug-likeness (QED) is 0.493. The first-order chi connectivity index (χ1) is 15.5. The first kappa shape index (κ1) is 20.5. The number of fused-ring (bicyclic) bond motifs is 2. The molecule has 1 N–H and O–H groups in total. The van der Waals surface area contributed by atoms with E-state index in [0.29, 0.717) is 58.7 Å². The summed E-state index contributed by atoms with van der Waals surface area (Å²) in [5.41, 5.74) is 0.922. The Morgan fingerprint density at radius 3 is 2.78 bits per heavy atom. The molecule has 2 aromatic heterocycles. The molecule has 0 unspecified atom stereocenters. The summed E-state index contributed by atoms with van der Waals surface area (Å²) in [4.78, 5) is 15.2. The first-order valence-electron chi connectivity index (χ1n) is 10.6. The third kappa shape index (κ3) is 3.31. The van der Waals surface area contributed by atoms with Crippen molar-refractivity contribution in [3.8, 4) is 17.0 Å². The van der Waals surface area contributed by atoms with E-state index in [0.717, 1.165) is 13.0 Å². The Morgan fingerprint density at radius 2 is 2.03 bits per heavy atom. The molecule has 0 atom stereocenters. The number of nitrogens with zero attached hydrogens (tertiary/aromatic N) is 4. The van der Waals surface area contributed by atoms with Gasteiger partial charge < -0.3 is 14.7 Å². The third-order valence-corrected chi connectivity index (χ3v) is 5.80. The van der Waals surface area contributed by atoms with Crippen LogP contribution in [-0.4, -0.2) is 39.9 Å². The molecule has 1 fully saturated rings. The fourth-order valence-corrected chi connectivity index (χ4v) is 4.38. The Balaban J connectivity index is 1.79. The van der Waals surface area contributed by atoms with Gasteiger partial charge in [0, 0.05) is 18.3 Å². The summed E-state index contributed by atoms with van der Waals surface area (Å²) in [5.74, 6) is -0.0574. The van der Waals surface area contributed by atoms with Crippen molar-refractivity contribution in [1.82, 2.24) is 15.0 Å². The third-order valence-electron chi connectivity index (χ3n) is 5.80. The zero-order valence-electron chi connectivity index (χ0n) is 17.8. The summed E-state index contributed by atoms with van der Waals surface area (Å²) in [7, 11) is 0. The zero-order chi connectivity index (χ0) is 22.4. The van der Waals surface area contributed by atoms with Gasteiger partial charge in [-0.3, -0.25) is 4.98 Å². The lowest BCUT2D eigenvalue weighted by molar-refractivity contribution is 0.107. The SMILES string of the molecule is CCc1c(F)ccc2cc(O)cc(-c3ncc4c(N5CCCOC5)nc(C)nc4c3F)c12. The number of pyridine rings is 1. The summed E-state index contributed by atoms with van der Waals surface area (Å²) < 4.78 is 36.0. The number of hydrogen-bond donors (Lipinski definition) is 1. The highest BCUT2D eigenvalue weighted by Gasteiger charge is 2.23. The molecule has 4 aromatic rings. The predicted octanol–water partition coefficient (Wildman–Crippen LogP) is 4.88. The second-order valence-electron chi connectivity index (χ2n) is 7.90. The van der Waals surface area contributed by atoms with Crippen molar-refractivity contribution < 1.29 is 18.6 Å². The fraction of sp³-hybridized carbons (Fsp3) is 0.292. The maximum absolute atomic E-state index is 15.9. The second-order valence-corrected chi connectivity index (χ2v) is 7.90. The lowest BCUT2D eigenvalue weighted by Gasteiger charge is -2.28. The first-order valence-corrected chi connectivity index (χ1v) is 10.6. The molecule has 0 aliphatic carbocycles. The highest BCUT2D eigenvalue weighted by molar-refractivity contribution is 6.01. The smallest absolute Gasteiger partial charge is 0.175 e. The van der Waals surface area contributed by atoms with Gasteiger partial charge in [-0.1, -0.05) is 13.0 Å². The Labute approximate surface area is 183 Å². The van der Waals surface area contributed by atoms with E-state index in [2.05, 4.69) is 15.0 Å². The van der Waals surface area contributed by atoms with Crippen LogP contribution in [-0.2, 0) is 11.2 Å².